The van der Waals surface area contributed by atoms with Gasteiger partial charge in [-0.25, -0.2) is 0 Å². The number of hydrogen-bond acceptors (Lipinski definition) is 3. The summed E-state index contributed by atoms with van der Waals surface area (Å²) >= 11 is 0. The lowest BCUT2D eigenvalue weighted by atomic mass is 9.77. The van der Waals surface area contributed by atoms with E-state index in [9.17, 15) is 19.8 Å². The SMILES string of the molecule is O=C(CC1(C(=O)O)CCCCCC1)Nc1ccccc1CO. The first kappa shape index (κ1) is 16.5. The topological polar surface area (TPSA) is 86.6 Å². The maximum atomic E-state index is 12.3. The minimum absolute atomic E-state index is 0.0118. The summed E-state index contributed by atoms with van der Waals surface area (Å²) in [4.78, 5) is 24.0. The molecule has 0 atom stereocenters. The Hall–Kier alpha value is -1.88. The third kappa shape index (κ3) is 3.85. The van der Waals surface area contributed by atoms with Gasteiger partial charge in [0.1, 0.15) is 0 Å². The molecule has 0 bridgehead atoms. The Morgan fingerprint density at radius 3 is 2.32 bits per heavy atom. The lowest BCUT2D eigenvalue weighted by Crippen LogP contribution is -2.35. The van der Waals surface area contributed by atoms with Crippen LogP contribution in [0.5, 0.6) is 0 Å². The van der Waals surface area contributed by atoms with Crippen LogP contribution in [-0.2, 0) is 16.2 Å². The van der Waals surface area contributed by atoms with E-state index >= 15 is 0 Å². The quantitative estimate of drug-likeness (QED) is 0.730. The van der Waals surface area contributed by atoms with Crippen molar-refractivity contribution in [2.75, 3.05) is 5.32 Å². The summed E-state index contributed by atoms with van der Waals surface area (Å²) < 4.78 is 0. The van der Waals surface area contributed by atoms with Crippen molar-refractivity contribution < 1.29 is 19.8 Å². The number of nitrogens with one attached hydrogen (secondary N) is 1. The molecule has 22 heavy (non-hydrogen) atoms. The zero-order valence-corrected chi connectivity index (χ0v) is 12.7. The van der Waals surface area contributed by atoms with Gasteiger partial charge in [0.15, 0.2) is 0 Å². The fourth-order valence-electron chi connectivity index (χ4n) is 3.15. The highest BCUT2D eigenvalue weighted by Gasteiger charge is 2.40. The summed E-state index contributed by atoms with van der Waals surface area (Å²) in [5, 5.41) is 21.6. The van der Waals surface area contributed by atoms with Crippen LogP contribution in [0.4, 0.5) is 5.69 Å². The highest BCUT2D eigenvalue weighted by Crippen LogP contribution is 2.38. The number of carboxylic acid groups (broad SMARTS) is 1. The molecule has 0 saturated heterocycles. The monoisotopic (exact) mass is 305 g/mol. The average molecular weight is 305 g/mol. The van der Waals surface area contributed by atoms with E-state index in [1.807, 2.05) is 0 Å². The molecular weight excluding hydrogens is 282 g/mol. The third-order valence-electron chi connectivity index (χ3n) is 4.48. The van der Waals surface area contributed by atoms with Gasteiger partial charge in [-0.15, -0.1) is 0 Å². The van der Waals surface area contributed by atoms with Crippen LogP contribution in [0.3, 0.4) is 0 Å². The van der Waals surface area contributed by atoms with Crippen molar-refractivity contribution in [2.24, 2.45) is 5.41 Å². The summed E-state index contributed by atoms with van der Waals surface area (Å²) in [5.74, 6) is -1.18. The molecule has 1 aromatic carbocycles. The zero-order valence-electron chi connectivity index (χ0n) is 12.7. The molecular formula is C17H23NO4. The van der Waals surface area contributed by atoms with E-state index < -0.39 is 11.4 Å². The van der Waals surface area contributed by atoms with Gasteiger partial charge in [-0.2, -0.15) is 0 Å². The Morgan fingerprint density at radius 2 is 1.73 bits per heavy atom. The second-order valence-corrected chi connectivity index (χ2v) is 6.04. The minimum atomic E-state index is -0.950. The Bertz CT molecular complexity index is 533. The molecule has 0 spiro atoms. The number of para-hydroxylation sites is 1. The van der Waals surface area contributed by atoms with E-state index in [1.165, 1.54) is 0 Å². The van der Waals surface area contributed by atoms with Gasteiger partial charge in [0, 0.05) is 17.7 Å². The molecule has 2 rings (SSSR count). The fourth-order valence-corrected chi connectivity index (χ4v) is 3.15. The van der Waals surface area contributed by atoms with Gasteiger partial charge in [-0.05, 0) is 18.9 Å². The van der Waals surface area contributed by atoms with E-state index in [0.29, 0.717) is 24.1 Å². The van der Waals surface area contributed by atoms with E-state index in [2.05, 4.69) is 5.32 Å². The molecule has 1 aliphatic rings. The van der Waals surface area contributed by atoms with E-state index in [0.717, 1.165) is 25.7 Å². The zero-order chi connectivity index (χ0) is 16.0. The van der Waals surface area contributed by atoms with Crippen molar-refractivity contribution in [3.63, 3.8) is 0 Å². The average Bonchev–Trinajstić information content (AvgIpc) is 2.74. The number of amides is 1. The fraction of sp³-hybridized carbons (Fsp3) is 0.529. The van der Waals surface area contributed by atoms with Crippen LogP contribution in [-0.4, -0.2) is 22.1 Å². The minimum Gasteiger partial charge on any atom is -0.481 e. The van der Waals surface area contributed by atoms with Crippen molar-refractivity contribution in [1.29, 1.82) is 0 Å². The van der Waals surface area contributed by atoms with Gasteiger partial charge < -0.3 is 15.5 Å². The Kier molecular flexibility index (Phi) is 5.55. The highest BCUT2D eigenvalue weighted by atomic mass is 16.4. The summed E-state index contributed by atoms with van der Waals surface area (Å²) in [6.45, 7) is -0.166. The third-order valence-corrected chi connectivity index (χ3v) is 4.48. The lowest BCUT2D eigenvalue weighted by molar-refractivity contribution is -0.152. The number of benzene rings is 1. The molecule has 0 aromatic heterocycles. The van der Waals surface area contributed by atoms with Gasteiger partial charge in [0.25, 0.3) is 0 Å². The van der Waals surface area contributed by atoms with Crippen LogP contribution in [0.15, 0.2) is 24.3 Å². The standard InChI is InChI=1S/C17H23NO4/c19-12-13-7-3-4-8-14(13)18-15(20)11-17(16(21)22)9-5-1-2-6-10-17/h3-4,7-8,19H,1-2,5-6,9-12H2,(H,18,20)(H,21,22). The maximum absolute atomic E-state index is 12.3. The first-order valence-electron chi connectivity index (χ1n) is 7.79. The molecule has 1 aromatic rings. The molecule has 120 valence electrons. The molecule has 5 nitrogen and oxygen atoms in total. The number of carbonyl (C=O) groups is 2. The second-order valence-electron chi connectivity index (χ2n) is 6.04. The molecule has 0 unspecified atom stereocenters. The van der Waals surface area contributed by atoms with Crippen LogP contribution >= 0.6 is 0 Å². The smallest absolute Gasteiger partial charge is 0.310 e. The van der Waals surface area contributed by atoms with Crippen molar-refractivity contribution in [1.82, 2.24) is 0 Å². The van der Waals surface area contributed by atoms with E-state index in [-0.39, 0.29) is 18.9 Å². The van der Waals surface area contributed by atoms with Crippen LogP contribution in [0.2, 0.25) is 0 Å². The van der Waals surface area contributed by atoms with E-state index in [1.54, 1.807) is 24.3 Å². The molecule has 1 saturated carbocycles. The number of aliphatic carboxylic acids is 1. The van der Waals surface area contributed by atoms with Gasteiger partial charge in [-0.3, -0.25) is 9.59 Å². The molecule has 3 N–H and O–H groups in total. The first-order valence-corrected chi connectivity index (χ1v) is 7.79. The van der Waals surface area contributed by atoms with Crippen molar-refractivity contribution in [3.05, 3.63) is 29.8 Å². The van der Waals surface area contributed by atoms with Crippen LogP contribution in [0, 0.1) is 5.41 Å². The Morgan fingerprint density at radius 1 is 1.09 bits per heavy atom. The second kappa shape index (κ2) is 7.40. The number of anilines is 1. The highest BCUT2D eigenvalue weighted by molar-refractivity contribution is 5.94. The number of carbonyl (C=O) groups excluding carboxylic acids is 1. The Labute approximate surface area is 130 Å². The number of aliphatic hydroxyl groups is 1. The number of aliphatic hydroxyl groups excluding tert-OH is 1. The maximum Gasteiger partial charge on any atom is 0.310 e. The summed E-state index contributed by atoms with van der Waals surface area (Å²) in [6, 6.07) is 7.00. The van der Waals surface area contributed by atoms with Crippen LogP contribution < -0.4 is 5.32 Å². The molecule has 1 amide bonds. The van der Waals surface area contributed by atoms with Crippen LogP contribution in [0.1, 0.15) is 50.5 Å². The van der Waals surface area contributed by atoms with E-state index in [4.69, 9.17) is 0 Å². The Balaban J connectivity index is 2.10. The molecule has 0 heterocycles. The first-order chi connectivity index (χ1) is 10.6. The van der Waals surface area contributed by atoms with Crippen molar-refractivity contribution >= 4 is 17.6 Å². The summed E-state index contributed by atoms with van der Waals surface area (Å²) in [6.07, 6.45) is 4.87. The molecule has 5 heteroatoms. The number of hydrogen-bond donors (Lipinski definition) is 3. The number of rotatable bonds is 5. The number of carboxylic acids is 1. The van der Waals surface area contributed by atoms with Crippen LogP contribution in [0.25, 0.3) is 0 Å². The normalized spacial score (nSPS) is 17.5. The predicted molar refractivity (Wildman–Crippen MR) is 83.4 cm³/mol. The summed E-state index contributed by atoms with van der Waals surface area (Å²) in [5.41, 5.74) is 0.222. The van der Waals surface area contributed by atoms with Crippen molar-refractivity contribution in [3.8, 4) is 0 Å². The van der Waals surface area contributed by atoms with Gasteiger partial charge in [0.05, 0.1) is 12.0 Å². The largest absolute Gasteiger partial charge is 0.481 e. The van der Waals surface area contributed by atoms with Gasteiger partial charge in [-0.1, -0.05) is 43.9 Å². The molecule has 0 aliphatic heterocycles. The molecule has 0 radical (unpaired) electrons. The van der Waals surface area contributed by atoms with Gasteiger partial charge in [0.2, 0.25) is 5.91 Å². The van der Waals surface area contributed by atoms with Gasteiger partial charge >= 0.3 is 5.97 Å². The molecule has 1 fully saturated rings. The lowest BCUT2D eigenvalue weighted by Gasteiger charge is -2.27. The predicted octanol–water partition coefficient (Wildman–Crippen LogP) is 2.93. The van der Waals surface area contributed by atoms with Crippen molar-refractivity contribution in [2.45, 2.75) is 51.6 Å². The summed E-state index contributed by atoms with van der Waals surface area (Å²) in [7, 11) is 0. The molecule has 1 aliphatic carbocycles.